The Hall–Kier alpha value is -3.28. The van der Waals surface area contributed by atoms with Crippen LogP contribution in [0, 0.1) is 69.2 Å². The Morgan fingerprint density at radius 1 is 0.559 bits per heavy atom. The van der Waals surface area contributed by atoms with Crippen molar-refractivity contribution in [2.45, 2.75) is 69.2 Å². The summed E-state index contributed by atoms with van der Waals surface area (Å²) in [5, 5.41) is 12.9. The number of aromatic nitrogens is 6. The number of rotatable bonds is 2. The van der Waals surface area contributed by atoms with Gasteiger partial charge in [0.25, 0.3) is 0 Å². The van der Waals surface area contributed by atoms with Crippen molar-refractivity contribution < 1.29 is 0 Å². The monoisotopic (exact) mass is 458 g/mol. The normalized spacial score (nSPS) is 10.9. The van der Waals surface area contributed by atoms with Crippen molar-refractivity contribution in [1.82, 2.24) is 29.5 Å². The fourth-order valence-corrected chi connectivity index (χ4v) is 4.11. The molecule has 0 aliphatic heterocycles. The topological polar surface area (TPSA) is 61.4 Å². The quantitative estimate of drug-likeness (QED) is 0.367. The molecule has 4 aromatic rings. The first kappa shape index (κ1) is 25.3. The minimum Gasteiger partial charge on any atom is -0.314 e. The number of aryl methyl sites for hydroxylation is 5. The maximum absolute atomic E-state index is 4.51. The van der Waals surface area contributed by atoms with Crippen LogP contribution >= 0.6 is 0 Å². The molecule has 4 rings (SSSR count). The minimum absolute atomic E-state index is 0.828. The standard InChI is InChI=1S/2C14H19N3/c1-8-7-13(11(4)10(3)9(8)2)14-16-15-12(5)17(14)6;1-8-7-13(11(4)10(3)9(8)2)14-15-12(5)17(6)16-14/h2*7H,1-6H3. The van der Waals surface area contributed by atoms with Gasteiger partial charge in [-0.25, -0.2) is 4.98 Å². The average Bonchev–Trinajstić information content (AvgIpc) is 3.31. The second-order valence-electron chi connectivity index (χ2n) is 9.47. The van der Waals surface area contributed by atoms with Gasteiger partial charge in [0.15, 0.2) is 11.6 Å². The van der Waals surface area contributed by atoms with E-state index >= 15 is 0 Å². The van der Waals surface area contributed by atoms with Crippen LogP contribution in [0.2, 0.25) is 0 Å². The lowest BCUT2D eigenvalue weighted by Gasteiger charge is -2.13. The number of nitrogens with zero attached hydrogens (tertiary/aromatic N) is 6. The van der Waals surface area contributed by atoms with E-state index in [1.165, 1.54) is 50.1 Å². The van der Waals surface area contributed by atoms with Crippen molar-refractivity contribution in [2.24, 2.45) is 14.1 Å². The van der Waals surface area contributed by atoms with Gasteiger partial charge in [0.05, 0.1) is 0 Å². The van der Waals surface area contributed by atoms with Gasteiger partial charge in [0.2, 0.25) is 0 Å². The Morgan fingerprint density at radius 3 is 1.50 bits per heavy atom. The molecule has 2 heterocycles. The molecule has 0 bridgehead atoms. The van der Waals surface area contributed by atoms with E-state index in [1.54, 1.807) is 0 Å². The first-order valence-corrected chi connectivity index (χ1v) is 11.7. The fraction of sp³-hybridized carbons (Fsp3) is 0.429. The Bertz CT molecular complexity index is 1350. The summed E-state index contributed by atoms with van der Waals surface area (Å²) in [6.45, 7) is 21.2. The highest BCUT2D eigenvalue weighted by molar-refractivity contribution is 5.66. The van der Waals surface area contributed by atoms with Crippen LogP contribution in [0.3, 0.4) is 0 Å². The van der Waals surface area contributed by atoms with Gasteiger partial charge in [-0.15, -0.1) is 10.2 Å². The van der Waals surface area contributed by atoms with Crippen molar-refractivity contribution in [2.75, 3.05) is 0 Å². The van der Waals surface area contributed by atoms with Gasteiger partial charge < -0.3 is 4.57 Å². The molecular formula is C28H38N6. The van der Waals surface area contributed by atoms with Gasteiger partial charge in [-0.1, -0.05) is 0 Å². The number of benzene rings is 2. The first-order chi connectivity index (χ1) is 15.8. The lowest BCUT2D eigenvalue weighted by Crippen LogP contribution is -2.00. The number of hydrogen-bond acceptors (Lipinski definition) is 4. The molecule has 0 N–H and O–H groups in total. The van der Waals surface area contributed by atoms with Gasteiger partial charge in [-0.2, -0.15) is 5.10 Å². The van der Waals surface area contributed by atoms with Crippen LogP contribution in [0.1, 0.15) is 56.2 Å². The lowest BCUT2D eigenvalue weighted by molar-refractivity contribution is 0.736. The summed E-state index contributed by atoms with van der Waals surface area (Å²) in [5.74, 6) is 3.66. The Morgan fingerprint density at radius 2 is 1.06 bits per heavy atom. The van der Waals surface area contributed by atoms with Gasteiger partial charge >= 0.3 is 0 Å². The molecule has 0 radical (unpaired) electrons. The smallest absolute Gasteiger partial charge is 0.181 e. The molecule has 0 amide bonds. The van der Waals surface area contributed by atoms with Crippen LogP contribution in [-0.4, -0.2) is 29.5 Å². The Labute approximate surface area is 204 Å². The maximum atomic E-state index is 4.51. The van der Waals surface area contributed by atoms with E-state index in [0.717, 1.165) is 28.9 Å². The third-order valence-electron chi connectivity index (χ3n) is 7.52. The molecule has 0 saturated heterocycles. The molecule has 0 atom stereocenters. The summed E-state index contributed by atoms with van der Waals surface area (Å²) in [4.78, 5) is 4.51. The molecule has 6 nitrogen and oxygen atoms in total. The van der Waals surface area contributed by atoms with Crippen LogP contribution in [0.4, 0.5) is 0 Å². The molecule has 6 heteroatoms. The molecule has 2 aromatic carbocycles. The average molecular weight is 459 g/mol. The third kappa shape index (κ3) is 4.54. The van der Waals surface area contributed by atoms with E-state index in [-0.39, 0.29) is 0 Å². The second kappa shape index (κ2) is 9.53. The van der Waals surface area contributed by atoms with Gasteiger partial charge in [-0.3, -0.25) is 4.68 Å². The van der Waals surface area contributed by atoms with Crippen LogP contribution in [0.25, 0.3) is 22.8 Å². The zero-order valence-corrected chi connectivity index (χ0v) is 22.8. The Kier molecular flexibility index (Phi) is 7.10. The summed E-state index contributed by atoms with van der Waals surface area (Å²) in [6.07, 6.45) is 0. The molecule has 0 aliphatic carbocycles. The van der Waals surface area contributed by atoms with Crippen molar-refractivity contribution in [3.8, 4) is 22.8 Å². The molecule has 2 aromatic heterocycles. The molecule has 34 heavy (non-hydrogen) atoms. The summed E-state index contributed by atoms with van der Waals surface area (Å²) in [6, 6.07) is 4.40. The lowest BCUT2D eigenvalue weighted by atomic mass is 9.94. The summed E-state index contributed by atoms with van der Waals surface area (Å²) in [7, 11) is 3.93. The van der Waals surface area contributed by atoms with E-state index in [9.17, 15) is 0 Å². The van der Waals surface area contributed by atoms with Crippen molar-refractivity contribution in [1.29, 1.82) is 0 Å². The van der Waals surface area contributed by atoms with Crippen LogP contribution in [0.15, 0.2) is 12.1 Å². The van der Waals surface area contributed by atoms with E-state index in [1.807, 2.05) is 37.2 Å². The third-order valence-corrected chi connectivity index (χ3v) is 7.52. The summed E-state index contributed by atoms with van der Waals surface area (Å²) >= 11 is 0. The van der Waals surface area contributed by atoms with E-state index in [4.69, 9.17) is 0 Å². The van der Waals surface area contributed by atoms with Gasteiger partial charge in [0, 0.05) is 25.2 Å². The first-order valence-electron chi connectivity index (χ1n) is 11.7. The van der Waals surface area contributed by atoms with Crippen LogP contribution < -0.4 is 0 Å². The molecule has 0 fully saturated rings. The predicted molar refractivity (Wildman–Crippen MR) is 140 cm³/mol. The number of hydrogen-bond donors (Lipinski definition) is 0. The van der Waals surface area contributed by atoms with Crippen molar-refractivity contribution >= 4 is 0 Å². The van der Waals surface area contributed by atoms with E-state index in [2.05, 4.69) is 87.8 Å². The van der Waals surface area contributed by atoms with Crippen LogP contribution in [0.5, 0.6) is 0 Å². The summed E-state index contributed by atoms with van der Waals surface area (Å²) < 4.78 is 3.86. The molecule has 0 saturated carbocycles. The van der Waals surface area contributed by atoms with Gasteiger partial charge in [0.1, 0.15) is 11.6 Å². The summed E-state index contributed by atoms with van der Waals surface area (Å²) in [5.41, 5.74) is 12.9. The van der Waals surface area contributed by atoms with E-state index < -0.39 is 0 Å². The molecular weight excluding hydrogens is 420 g/mol. The van der Waals surface area contributed by atoms with Crippen molar-refractivity contribution in [3.05, 3.63) is 68.3 Å². The van der Waals surface area contributed by atoms with Crippen molar-refractivity contribution in [3.63, 3.8) is 0 Å². The highest BCUT2D eigenvalue weighted by atomic mass is 15.3. The fourth-order valence-electron chi connectivity index (χ4n) is 4.11. The second-order valence-corrected chi connectivity index (χ2v) is 9.47. The highest BCUT2D eigenvalue weighted by Crippen LogP contribution is 2.29. The van der Waals surface area contributed by atoms with E-state index in [0.29, 0.717) is 0 Å². The zero-order chi connectivity index (χ0) is 25.5. The molecule has 0 unspecified atom stereocenters. The molecule has 180 valence electrons. The van der Waals surface area contributed by atoms with Gasteiger partial charge in [-0.05, 0) is 126 Å². The molecule has 0 spiro atoms. The predicted octanol–water partition coefficient (Wildman–Crippen LogP) is 6.05. The maximum Gasteiger partial charge on any atom is 0.181 e. The highest BCUT2D eigenvalue weighted by Gasteiger charge is 2.15. The Balaban J connectivity index is 0.000000191. The zero-order valence-electron chi connectivity index (χ0n) is 22.8. The molecule has 0 aliphatic rings. The SMILES string of the molecule is Cc1cc(-c2nc(C)n(C)n2)c(C)c(C)c1C.Cc1cc(-c2nnc(C)n2C)c(C)c(C)c1C. The largest absolute Gasteiger partial charge is 0.314 e. The van der Waals surface area contributed by atoms with Crippen LogP contribution in [-0.2, 0) is 14.1 Å². The minimum atomic E-state index is 0.828.